The number of aromatic nitrogens is 1. The molecule has 1 aromatic heterocycles. The van der Waals surface area contributed by atoms with Crippen molar-refractivity contribution in [1.82, 2.24) is 10.3 Å². The van der Waals surface area contributed by atoms with E-state index < -0.39 is 0 Å². The lowest BCUT2D eigenvalue weighted by Gasteiger charge is -2.26. The number of rotatable bonds is 1. The minimum atomic E-state index is 0.149. The molecule has 0 aromatic carbocycles. The summed E-state index contributed by atoms with van der Waals surface area (Å²) >= 11 is 1.61. The van der Waals surface area contributed by atoms with Crippen molar-refractivity contribution < 1.29 is 4.79 Å². The third kappa shape index (κ3) is 1.95. The second-order valence-electron chi connectivity index (χ2n) is 3.44. The Morgan fingerprint density at radius 1 is 1.62 bits per heavy atom. The van der Waals surface area contributed by atoms with Crippen LogP contribution in [0.15, 0.2) is 11.6 Å². The van der Waals surface area contributed by atoms with E-state index in [9.17, 15) is 4.79 Å². The van der Waals surface area contributed by atoms with Gasteiger partial charge in [-0.1, -0.05) is 0 Å². The van der Waals surface area contributed by atoms with E-state index in [2.05, 4.69) is 10.3 Å². The Bertz CT molecular complexity index is 297. The van der Waals surface area contributed by atoms with Crippen molar-refractivity contribution >= 4 is 17.1 Å². The van der Waals surface area contributed by atoms with Crippen LogP contribution in [0.2, 0.25) is 0 Å². The van der Waals surface area contributed by atoms with Gasteiger partial charge in [0.25, 0.3) is 0 Å². The molecule has 2 rings (SSSR count). The number of ketones is 1. The van der Waals surface area contributed by atoms with Crippen LogP contribution in [0, 0.1) is 0 Å². The summed E-state index contributed by atoms with van der Waals surface area (Å²) < 4.78 is 0. The molecular weight excluding hydrogens is 184 g/mol. The van der Waals surface area contributed by atoms with Gasteiger partial charge in [0, 0.05) is 30.5 Å². The average Bonchev–Trinajstić information content (AvgIpc) is 2.53. The molecule has 0 spiro atoms. The Morgan fingerprint density at radius 3 is 3.08 bits per heavy atom. The number of carbonyl (C=O) groups excluding carboxylic acids is 1. The van der Waals surface area contributed by atoms with Gasteiger partial charge < -0.3 is 5.32 Å². The minimum Gasteiger partial charge on any atom is -0.305 e. The van der Waals surface area contributed by atoms with Crippen molar-refractivity contribution in [2.45, 2.75) is 31.8 Å². The maximum absolute atomic E-state index is 11.3. The van der Waals surface area contributed by atoms with E-state index in [-0.39, 0.29) is 12.1 Å². The van der Waals surface area contributed by atoms with Crippen LogP contribution in [0.25, 0.3) is 0 Å². The Morgan fingerprint density at radius 2 is 2.46 bits per heavy atom. The van der Waals surface area contributed by atoms with Crippen molar-refractivity contribution in [3.05, 3.63) is 16.6 Å². The second-order valence-corrected chi connectivity index (χ2v) is 4.36. The van der Waals surface area contributed by atoms with E-state index in [0.29, 0.717) is 18.6 Å². The average molecular weight is 196 g/mol. The molecule has 0 radical (unpaired) electrons. The normalized spacial score (nSPS) is 29.2. The monoisotopic (exact) mass is 196 g/mol. The van der Waals surface area contributed by atoms with E-state index in [4.69, 9.17) is 0 Å². The summed E-state index contributed by atoms with van der Waals surface area (Å²) in [5, 5.41) is 6.35. The van der Waals surface area contributed by atoms with Crippen molar-refractivity contribution in [3.63, 3.8) is 0 Å². The lowest BCUT2D eigenvalue weighted by atomic mass is 9.99. The number of Topliss-reactive ketones (excluding diaryl/α,β-unsaturated/α-hetero) is 1. The van der Waals surface area contributed by atoms with Gasteiger partial charge in [-0.15, -0.1) is 11.3 Å². The molecule has 13 heavy (non-hydrogen) atoms. The molecule has 0 aliphatic carbocycles. The van der Waals surface area contributed by atoms with Crippen molar-refractivity contribution in [1.29, 1.82) is 0 Å². The van der Waals surface area contributed by atoms with Crippen LogP contribution in [0.4, 0.5) is 0 Å². The maximum Gasteiger partial charge on any atom is 0.136 e. The summed E-state index contributed by atoms with van der Waals surface area (Å²) in [6.07, 6.45) is 3.03. The number of hydrogen-bond acceptors (Lipinski definition) is 4. The fourth-order valence-electron chi connectivity index (χ4n) is 1.68. The Kier molecular flexibility index (Phi) is 2.42. The van der Waals surface area contributed by atoms with E-state index in [1.54, 1.807) is 17.5 Å². The first-order valence-corrected chi connectivity index (χ1v) is 5.31. The third-order valence-electron chi connectivity index (χ3n) is 2.20. The summed E-state index contributed by atoms with van der Waals surface area (Å²) in [5.74, 6) is 0.339. The molecule has 0 saturated carbocycles. The summed E-state index contributed by atoms with van der Waals surface area (Å²) in [6.45, 7) is 2.04. The molecule has 3 nitrogen and oxygen atoms in total. The molecule has 2 unspecified atom stereocenters. The van der Waals surface area contributed by atoms with E-state index >= 15 is 0 Å². The number of hydrogen-bond donors (Lipinski definition) is 1. The summed E-state index contributed by atoms with van der Waals surface area (Å²) in [6, 6.07) is 0.436. The third-order valence-corrected chi connectivity index (χ3v) is 3.09. The zero-order chi connectivity index (χ0) is 9.26. The Balaban J connectivity index is 2.12. The number of nitrogens with one attached hydrogen (secondary N) is 1. The van der Waals surface area contributed by atoms with Gasteiger partial charge >= 0.3 is 0 Å². The van der Waals surface area contributed by atoms with E-state index in [1.807, 2.05) is 12.3 Å². The van der Waals surface area contributed by atoms with Crippen LogP contribution < -0.4 is 5.32 Å². The van der Waals surface area contributed by atoms with Crippen LogP contribution in [-0.4, -0.2) is 16.8 Å². The van der Waals surface area contributed by atoms with Crippen LogP contribution >= 0.6 is 11.3 Å². The van der Waals surface area contributed by atoms with Gasteiger partial charge in [0.2, 0.25) is 0 Å². The first-order chi connectivity index (χ1) is 6.25. The first-order valence-electron chi connectivity index (χ1n) is 4.43. The highest BCUT2D eigenvalue weighted by molar-refractivity contribution is 7.09. The fraction of sp³-hybridized carbons (Fsp3) is 0.556. The summed E-state index contributed by atoms with van der Waals surface area (Å²) in [4.78, 5) is 15.5. The quantitative estimate of drug-likeness (QED) is 0.740. The molecule has 2 atom stereocenters. The highest BCUT2D eigenvalue weighted by atomic mass is 32.1. The van der Waals surface area contributed by atoms with Crippen LogP contribution in [0.5, 0.6) is 0 Å². The molecule has 1 saturated heterocycles. The molecule has 0 bridgehead atoms. The highest BCUT2D eigenvalue weighted by Gasteiger charge is 2.26. The molecule has 1 fully saturated rings. The molecule has 4 heteroatoms. The summed E-state index contributed by atoms with van der Waals surface area (Å²) in [5.41, 5.74) is 0. The molecule has 70 valence electrons. The zero-order valence-corrected chi connectivity index (χ0v) is 8.30. The molecule has 1 aliphatic rings. The topological polar surface area (TPSA) is 42.0 Å². The lowest BCUT2D eigenvalue weighted by Crippen LogP contribution is -2.38. The molecule has 1 aromatic rings. The lowest BCUT2D eigenvalue weighted by molar-refractivity contribution is -0.121. The number of piperidine rings is 1. The standard InChI is InChI=1S/C9H12N2OS/c1-6-4-7(12)5-8(11-6)9-10-2-3-13-9/h2-3,6,8,11H,4-5H2,1H3. The predicted molar refractivity (Wildman–Crippen MR) is 51.7 cm³/mol. The van der Waals surface area contributed by atoms with Crippen molar-refractivity contribution in [2.24, 2.45) is 0 Å². The van der Waals surface area contributed by atoms with E-state index in [0.717, 1.165) is 5.01 Å². The van der Waals surface area contributed by atoms with E-state index in [1.165, 1.54) is 0 Å². The highest BCUT2D eigenvalue weighted by Crippen LogP contribution is 2.24. The van der Waals surface area contributed by atoms with Gasteiger partial charge in [0.1, 0.15) is 10.8 Å². The van der Waals surface area contributed by atoms with Crippen LogP contribution in [0.1, 0.15) is 30.8 Å². The maximum atomic E-state index is 11.3. The van der Waals surface area contributed by atoms with Crippen molar-refractivity contribution in [2.75, 3.05) is 0 Å². The van der Waals surface area contributed by atoms with Crippen LogP contribution in [-0.2, 0) is 4.79 Å². The Labute approximate surface area is 81.2 Å². The van der Waals surface area contributed by atoms with Gasteiger partial charge in [-0.25, -0.2) is 4.98 Å². The molecule has 2 heterocycles. The minimum absolute atomic E-state index is 0.149. The van der Waals surface area contributed by atoms with Crippen molar-refractivity contribution in [3.8, 4) is 0 Å². The Hall–Kier alpha value is -0.740. The van der Waals surface area contributed by atoms with Gasteiger partial charge in [-0.05, 0) is 6.92 Å². The molecular formula is C9H12N2OS. The smallest absolute Gasteiger partial charge is 0.136 e. The molecule has 1 N–H and O–H groups in total. The van der Waals surface area contributed by atoms with Gasteiger partial charge in [0.15, 0.2) is 0 Å². The number of thiazole rings is 1. The first kappa shape index (κ1) is 8.84. The zero-order valence-electron chi connectivity index (χ0n) is 7.49. The number of carbonyl (C=O) groups is 1. The summed E-state index contributed by atoms with van der Waals surface area (Å²) in [7, 11) is 0. The predicted octanol–water partition coefficient (Wildman–Crippen LogP) is 1.53. The molecule has 1 aliphatic heterocycles. The largest absolute Gasteiger partial charge is 0.305 e. The van der Waals surface area contributed by atoms with Gasteiger partial charge in [-0.3, -0.25) is 4.79 Å². The van der Waals surface area contributed by atoms with Gasteiger partial charge in [-0.2, -0.15) is 0 Å². The molecule has 0 amide bonds. The fourth-order valence-corrected chi connectivity index (χ4v) is 2.38. The van der Waals surface area contributed by atoms with Gasteiger partial charge in [0.05, 0.1) is 6.04 Å². The second kappa shape index (κ2) is 3.55. The number of nitrogens with zero attached hydrogens (tertiary/aromatic N) is 1. The van der Waals surface area contributed by atoms with Crippen LogP contribution in [0.3, 0.4) is 0 Å². The SMILES string of the molecule is CC1CC(=O)CC(c2nccs2)N1.